The summed E-state index contributed by atoms with van der Waals surface area (Å²) in [4.78, 5) is 9.89. The first-order chi connectivity index (χ1) is 9.51. The molecule has 1 aliphatic heterocycles. The Morgan fingerprint density at radius 3 is 2.75 bits per heavy atom. The van der Waals surface area contributed by atoms with Gasteiger partial charge in [-0.05, 0) is 31.0 Å². The van der Waals surface area contributed by atoms with Crippen molar-refractivity contribution in [1.82, 2.24) is 14.7 Å². The van der Waals surface area contributed by atoms with Crippen LogP contribution in [0.15, 0.2) is 24.4 Å². The minimum atomic E-state index is -3.12. The number of pyridine rings is 1. The first-order valence-corrected chi connectivity index (χ1v) is 8.57. The van der Waals surface area contributed by atoms with E-state index in [4.69, 9.17) is 0 Å². The van der Waals surface area contributed by atoms with Gasteiger partial charge in [-0.1, -0.05) is 0 Å². The van der Waals surface area contributed by atoms with E-state index < -0.39 is 10.0 Å². The Hall–Kier alpha value is -1.60. The van der Waals surface area contributed by atoms with Crippen LogP contribution in [0.2, 0.25) is 0 Å². The van der Waals surface area contributed by atoms with E-state index in [-0.39, 0.29) is 6.04 Å². The Morgan fingerprint density at radius 1 is 1.30 bits per heavy atom. The molecule has 0 aliphatic carbocycles. The van der Waals surface area contributed by atoms with Gasteiger partial charge in [0.25, 0.3) is 0 Å². The molecule has 2 aromatic heterocycles. The third kappa shape index (κ3) is 2.94. The number of nitrogens with zero attached hydrogens (tertiary/aromatic N) is 2. The molecule has 108 valence electrons. The molecule has 6 nitrogen and oxygen atoms in total. The van der Waals surface area contributed by atoms with Gasteiger partial charge in [-0.3, -0.25) is 0 Å². The predicted octanol–water partition coefficient (Wildman–Crippen LogP) is 1.08. The lowest BCUT2D eigenvalue weighted by atomic mass is 10.1. The summed E-state index contributed by atoms with van der Waals surface area (Å²) in [5.41, 5.74) is 0.888. The Morgan fingerprint density at radius 2 is 2.05 bits per heavy atom. The number of sulfonamides is 1. The first kappa shape index (κ1) is 13.4. The number of aromatic nitrogens is 2. The van der Waals surface area contributed by atoms with Crippen LogP contribution in [0.4, 0.5) is 5.82 Å². The fraction of sp³-hybridized carbons (Fsp3) is 0.462. The van der Waals surface area contributed by atoms with E-state index in [0.717, 1.165) is 42.8 Å². The molecule has 0 spiro atoms. The second kappa shape index (κ2) is 5.06. The Bertz CT molecular complexity index is 702. The van der Waals surface area contributed by atoms with Gasteiger partial charge in [-0.15, -0.1) is 0 Å². The zero-order chi connectivity index (χ0) is 14.2. The maximum Gasteiger partial charge on any atom is 0.208 e. The number of aromatic amines is 1. The highest BCUT2D eigenvalue weighted by Crippen LogP contribution is 2.21. The zero-order valence-corrected chi connectivity index (χ0v) is 12.2. The fourth-order valence-corrected chi connectivity index (χ4v) is 3.47. The van der Waals surface area contributed by atoms with Crippen LogP contribution in [0.1, 0.15) is 12.8 Å². The van der Waals surface area contributed by atoms with Crippen LogP contribution in [0.25, 0.3) is 11.0 Å². The van der Waals surface area contributed by atoms with Gasteiger partial charge < -0.3 is 9.88 Å². The molecule has 0 aromatic carbocycles. The average molecular weight is 294 g/mol. The summed E-state index contributed by atoms with van der Waals surface area (Å²) in [5.74, 6) is 0.942. The van der Waals surface area contributed by atoms with Gasteiger partial charge >= 0.3 is 0 Å². The van der Waals surface area contributed by atoms with Gasteiger partial charge in [-0.2, -0.15) is 0 Å². The Labute approximate surface area is 118 Å². The molecule has 3 heterocycles. The van der Waals surface area contributed by atoms with Crippen molar-refractivity contribution in [1.29, 1.82) is 0 Å². The van der Waals surface area contributed by atoms with Crippen molar-refractivity contribution in [3.05, 3.63) is 24.4 Å². The second-order valence-corrected chi connectivity index (χ2v) is 7.02. The van der Waals surface area contributed by atoms with Gasteiger partial charge in [0.1, 0.15) is 11.5 Å². The molecule has 2 N–H and O–H groups in total. The largest absolute Gasteiger partial charge is 0.356 e. The number of fused-ring (bicyclic) bond motifs is 1. The van der Waals surface area contributed by atoms with Crippen LogP contribution >= 0.6 is 0 Å². The maximum atomic E-state index is 11.2. The molecule has 7 heteroatoms. The Balaban J connectivity index is 1.68. The van der Waals surface area contributed by atoms with Crippen molar-refractivity contribution in [3.63, 3.8) is 0 Å². The molecule has 20 heavy (non-hydrogen) atoms. The predicted molar refractivity (Wildman–Crippen MR) is 79.3 cm³/mol. The second-order valence-electron chi connectivity index (χ2n) is 5.24. The van der Waals surface area contributed by atoms with Crippen molar-refractivity contribution in [2.75, 3.05) is 24.2 Å². The fourth-order valence-electron chi connectivity index (χ4n) is 2.63. The molecular weight excluding hydrogens is 276 g/mol. The number of H-pyrrole nitrogens is 1. The summed E-state index contributed by atoms with van der Waals surface area (Å²) in [5, 5.41) is 1.10. The highest BCUT2D eigenvalue weighted by atomic mass is 32.2. The van der Waals surface area contributed by atoms with E-state index >= 15 is 0 Å². The summed E-state index contributed by atoms with van der Waals surface area (Å²) < 4.78 is 25.1. The van der Waals surface area contributed by atoms with Crippen LogP contribution in [0.5, 0.6) is 0 Å². The van der Waals surface area contributed by atoms with E-state index in [1.165, 1.54) is 6.26 Å². The molecule has 0 amide bonds. The molecule has 3 rings (SSSR count). The van der Waals surface area contributed by atoms with Gasteiger partial charge in [-0.25, -0.2) is 18.1 Å². The lowest BCUT2D eigenvalue weighted by Gasteiger charge is -2.32. The molecule has 0 unspecified atom stereocenters. The van der Waals surface area contributed by atoms with Crippen molar-refractivity contribution < 1.29 is 8.42 Å². The SMILES string of the molecule is CS(=O)(=O)NC1CCN(c2ccc3cc[nH]c3n2)CC1. The molecule has 2 aromatic rings. The van der Waals surface area contributed by atoms with Crippen molar-refractivity contribution >= 4 is 26.9 Å². The zero-order valence-electron chi connectivity index (χ0n) is 11.3. The molecule has 0 radical (unpaired) electrons. The van der Waals surface area contributed by atoms with E-state index in [0.29, 0.717) is 0 Å². The van der Waals surface area contributed by atoms with Crippen LogP contribution < -0.4 is 9.62 Å². The standard InChI is InChI=1S/C13H18N4O2S/c1-20(18,19)16-11-5-8-17(9-6-11)12-3-2-10-4-7-14-13(10)15-12/h2-4,7,11,16H,5-6,8-9H2,1H3,(H,14,15). The summed E-state index contributed by atoms with van der Waals surface area (Å²) in [7, 11) is -3.12. The van der Waals surface area contributed by atoms with Crippen LogP contribution in [0.3, 0.4) is 0 Å². The first-order valence-electron chi connectivity index (χ1n) is 6.68. The van der Waals surface area contributed by atoms with Gasteiger partial charge in [0.05, 0.1) is 6.26 Å². The topological polar surface area (TPSA) is 78.1 Å². The number of piperidine rings is 1. The number of hydrogen-bond acceptors (Lipinski definition) is 4. The minimum Gasteiger partial charge on any atom is -0.356 e. The van der Waals surface area contributed by atoms with Crippen molar-refractivity contribution in [2.24, 2.45) is 0 Å². The van der Waals surface area contributed by atoms with Crippen LogP contribution in [0, 0.1) is 0 Å². The monoisotopic (exact) mass is 294 g/mol. The van der Waals surface area contributed by atoms with Crippen molar-refractivity contribution in [2.45, 2.75) is 18.9 Å². The normalized spacial score (nSPS) is 17.8. The lowest BCUT2D eigenvalue weighted by molar-refractivity contribution is 0.460. The smallest absolute Gasteiger partial charge is 0.208 e. The molecule has 1 saturated heterocycles. The lowest BCUT2D eigenvalue weighted by Crippen LogP contribution is -2.44. The molecule has 0 atom stereocenters. The summed E-state index contributed by atoms with van der Waals surface area (Å²) in [6.07, 6.45) is 4.69. The maximum absolute atomic E-state index is 11.2. The van der Waals surface area contributed by atoms with Crippen molar-refractivity contribution in [3.8, 4) is 0 Å². The number of hydrogen-bond donors (Lipinski definition) is 2. The molecule has 0 saturated carbocycles. The van der Waals surface area contributed by atoms with E-state index in [2.05, 4.69) is 25.7 Å². The average Bonchev–Trinajstić information content (AvgIpc) is 2.85. The molecule has 0 bridgehead atoms. The van der Waals surface area contributed by atoms with E-state index in [1.807, 2.05) is 18.3 Å². The molecular formula is C13H18N4O2S. The Kier molecular flexibility index (Phi) is 3.39. The van der Waals surface area contributed by atoms with Crippen LogP contribution in [-0.4, -0.2) is 43.8 Å². The highest BCUT2D eigenvalue weighted by molar-refractivity contribution is 7.88. The third-order valence-corrected chi connectivity index (χ3v) is 4.36. The number of nitrogens with one attached hydrogen (secondary N) is 2. The molecule has 1 aliphatic rings. The number of rotatable bonds is 3. The van der Waals surface area contributed by atoms with E-state index in [1.54, 1.807) is 0 Å². The van der Waals surface area contributed by atoms with Crippen LogP contribution in [-0.2, 0) is 10.0 Å². The third-order valence-electron chi connectivity index (χ3n) is 3.59. The quantitative estimate of drug-likeness (QED) is 0.888. The minimum absolute atomic E-state index is 0.0375. The van der Waals surface area contributed by atoms with Gasteiger partial charge in [0.2, 0.25) is 10.0 Å². The van der Waals surface area contributed by atoms with Gasteiger partial charge in [0, 0.05) is 30.7 Å². The van der Waals surface area contributed by atoms with E-state index in [9.17, 15) is 8.42 Å². The summed E-state index contributed by atoms with van der Waals surface area (Å²) in [6.45, 7) is 1.62. The highest BCUT2D eigenvalue weighted by Gasteiger charge is 2.22. The summed E-state index contributed by atoms with van der Waals surface area (Å²) in [6, 6.07) is 6.10. The summed E-state index contributed by atoms with van der Waals surface area (Å²) >= 11 is 0. The molecule has 1 fully saturated rings. The number of anilines is 1. The van der Waals surface area contributed by atoms with Gasteiger partial charge in [0.15, 0.2) is 0 Å².